The first-order chi connectivity index (χ1) is 9.61. The minimum Gasteiger partial charge on any atom is -0.497 e. The van der Waals surface area contributed by atoms with Gasteiger partial charge < -0.3 is 15.2 Å². The molecule has 1 aromatic rings. The largest absolute Gasteiger partial charge is 0.497 e. The summed E-state index contributed by atoms with van der Waals surface area (Å²) in [5.41, 5.74) is 0.952. The van der Waals surface area contributed by atoms with E-state index in [1.807, 2.05) is 31.2 Å². The van der Waals surface area contributed by atoms with Crippen LogP contribution in [0.2, 0.25) is 0 Å². The number of ether oxygens (including phenoxy) is 1. The molecule has 20 heavy (non-hydrogen) atoms. The summed E-state index contributed by atoms with van der Waals surface area (Å²) in [5.74, 6) is 0.528. The second kappa shape index (κ2) is 6.75. The third kappa shape index (κ3) is 3.51. The van der Waals surface area contributed by atoms with E-state index >= 15 is 0 Å². The monoisotopic (exact) mass is 277 g/mol. The summed E-state index contributed by atoms with van der Waals surface area (Å²) < 4.78 is 5.11. The maximum absolute atomic E-state index is 12.3. The molecule has 0 bridgehead atoms. The summed E-state index contributed by atoms with van der Waals surface area (Å²) in [6.07, 6.45) is 3.35. The predicted octanol–water partition coefficient (Wildman–Crippen LogP) is 2.22. The Kier molecular flexibility index (Phi) is 5.01. The van der Waals surface area contributed by atoms with Gasteiger partial charge in [-0.2, -0.15) is 0 Å². The van der Waals surface area contributed by atoms with E-state index in [9.17, 15) is 9.90 Å². The van der Waals surface area contributed by atoms with Crippen molar-refractivity contribution in [2.24, 2.45) is 0 Å². The lowest BCUT2D eigenvalue weighted by Crippen LogP contribution is -2.46. The molecular weight excluding hydrogens is 254 g/mol. The summed E-state index contributed by atoms with van der Waals surface area (Å²) in [4.78, 5) is 12.3. The van der Waals surface area contributed by atoms with Crippen LogP contribution in [0.15, 0.2) is 24.3 Å². The SMILES string of the molecule is COc1ccc(C(C)C(=O)NC2CCCCC2O)cc1. The van der Waals surface area contributed by atoms with Crippen molar-refractivity contribution < 1.29 is 14.6 Å². The Balaban J connectivity index is 1.96. The van der Waals surface area contributed by atoms with E-state index in [4.69, 9.17) is 4.74 Å². The highest BCUT2D eigenvalue weighted by Gasteiger charge is 2.26. The standard InChI is InChI=1S/C16H23NO3/c1-11(12-7-9-13(20-2)10-8-12)16(19)17-14-5-3-4-6-15(14)18/h7-11,14-15,18H,3-6H2,1-2H3,(H,17,19). The summed E-state index contributed by atoms with van der Waals surface area (Å²) in [6.45, 7) is 1.88. The average Bonchev–Trinajstić information content (AvgIpc) is 2.49. The molecule has 0 radical (unpaired) electrons. The smallest absolute Gasteiger partial charge is 0.227 e. The molecule has 1 amide bonds. The first kappa shape index (κ1) is 14.9. The van der Waals surface area contributed by atoms with E-state index in [1.54, 1.807) is 7.11 Å². The molecule has 4 heteroatoms. The molecule has 0 aromatic heterocycles. The van der Waals surface area contributed by atoms with E-state index in [1.165, 1.54) is 0 Å². The van der Waals surface area contributed by atoms with Gasteiger partial charge in [0.1, 0.15) is 5.75 Å². The first-order valence-corrected chi connectivity index (χ1v) is 7.24. The topological polar surface area (TPSA) is 58.6 Å². The molecule has 0 heterocycles. The number of aliphatic hydroxyl groups is 1. The molecular formula is C16H23NO3. The van der Waals surface area contributed by atoms with Crippen molar-refractivity contribution in [3.63, 3.8) is 0 Å². The van der Waals surface area contributed by atoms with Gasteiger partial charge in [0.25, 0.3) is 0 Å². The molecule has 3 unspecified atom stereocenters. The van der Waals surface area contributed by atoms with Crippen molar-refractivity contribution in [2.75, 3.05) is 7.11 Å². The number of benzene rings is 1. The van der Waals surface area contributed by atoms with Crippen LogP contribution >= 0.6 is 0 Å². The molecule has 1 fully saturated rings. The highest BCUT2D eigenvalue weighted by Crippen LogP contribution is 2.22. The molecule has 4 nitrogen and oxygen atoms in total. The number of amides is 1. The molecule has 0 spiro atoms. The van der Waals surface area contributed by atoms with Crippen LogP contribution in [0.1, 0.15) is 44.1 Å². The van der Waals surface area contributed by atoms with Crippen LogP contribution in [0.3, 0.4) is 0 Å². The molecule has 1 aliphatic carbocycles. The highest BCUT2D eigenvalue weighted by molar-refractivity contribution is 5.83. The van der Waals surface area contributed by atoms with Gasteiger partial charge in [-0.15, -0.1) is 0 Å². The van der Waals surface area contributed by atoms with Crippen molar-refractivity contribution in [3.8, 4) is 5.75 Å². The number of carbonyl (C=O) groups is 1. The van der Waals surface area contributed by atoms with Crippen LogP contribution in [-0.4, -0.2) is 30.3 Å². The van der Waals surface area contributed by atoms with Gasteiger partial charge >= 0.3 is 0 Å². The summed E-state index contributed by atoms with van der Waals surface area (Å²) in [5, 5.41) is 12.9. The zero-order chi connectivity index (χ0) is 14.5. The Morgan fingerprint density at radius 3 is 2.55 bits per heavy atom. The molecule has 1 aliphatic rings. The maximum atomic E-state index is 12.3. The van der Waals surface area contributed by atoms with Crippen LogP contribution in [0, 0.1) is 0 Å². The average molecular weight is 277 g/mol. The third-order valence-electron chi connectivity index (χ3n) is 4.07. The second-order valence-electron chi connectivity index (χ2n) is 5.46. The Labute approximate surface area is 120 Å². The molecule has 0 saturated heterocycles. The molecule has 3 atom stereocenters. The number of rotatable bonds is 4. The lowest BCUT2D eigenvalue weighted by Gasteiger charge is -2.29. The van der Waals surface area contributed by atoms with Crippen LogP contribution in [-0.2, 0) is 4.79 Å². The number of hydrogen-bond acceptors (Lipinski definition) is 3. The number of nitrogens with one attached hydrogen (secondary N) is 1. The molecule has 2 N–H and O–H groups in total. The molecule has 2 rings (SSSR count). The minimum absolute atomic E-state index is 0.0267. The van der Waals surface area contributed by atoms with Gasteiger partial charge in [-0.1, -0.05) is 25.0 Å². The van der Waals surface area contributed by atoms with Gasteiger partial charge in [0, 0.05) is 0 Å². The molecule has 0 aliphatic heterocycles. The normalized spacial score (nSPS) is 23.9. The summed E-state index contributed by atoms with van der Waals surface area (Å²) >= 11 is 0. The zero-order valence-corrected chi connectivity index (χ0v) is 12.1. The van der Waals surface area contributed by atoms with Gasteiger partial charge in [0.05, 0.1) is 25.2 Å². The van der Waals surface area contributed by atoms with Crippen LogP contribution in [0.25, 0.3) is 0 Å². The first-order valence-electron chi connectivity index (χ1n) is 7.24. The maximum Gasteiger partial charge on any atom is 0.227 e. The fraction of sp³-hybridized carbons (Fsp3) is 0.562. The van der Waals surface area contributed by atoms with E-state index in [0.717, 1.165) is 37.0 Å². The zero-order valence-electron chi connectivity index (χ0n) is 12.1. The highest BCUT2D eigenvalue weighted by atomic mass is 16.5. The number of hydrogen-bond donors (Lipinski definition) is 2. The van der Waals surface area contributed by atoms with Crippen molar-refractivity contribution in [2.45, 2.75) is 50.7 Å². The number of aliphatic hydroxyl groups excluding tert-OH is 1. The molecule has 1 saturated carbocycles. The Bertz CT molecular complexity index is 444. The molecule has 110 valence electrons. The second-order valence-corrected chi connectivity index (χ2v) is 5.46. The van der Waals surface area contributed by atoms with E-state index in [2.05, 4.69) is 5.32 Å². The minimum atomic E-state index is -0.407. The van der Waals surface area contributed by atoms with Gasteiger partial charge in [0.2, 0.25) is 5.91 Å². The Morgan fingerprint density at radius 2 is 1.95 bits per heavy atom. The Morgan fingerprint density at radius 1 is 1.30 bits per heavy atom. The summed E-state index contributed by atoms with van der Waals surface area (Å²) in [7, 11) is 1.62. The van der Waals surface area contributed by atoms with Crippen molar-refractivity contribution in [3.05, 3.63) is 29.8 Å². The van der Waals surface area contributed by atoms with E-state index in [-0.39, 0.29) is 17.9 Å². The van der Waals surface area contributed by atoms with Gasteiger partial charge in [-0.05, 0) is 37.5 Å². The Hall–Kier alpha value is -1.55. The van der Waals surface area contributed by atoms with Gasteiger partial charge in [0.15, 0.2) is 0 Å². The fourth-order valence-electron chi connectivity index (χ4n) is 2.63. The van der Waals surface area contributed by atoms with Crippen LogP contribution in [0.4, 0.5) is 0 Å². The van der Waals surface area contributed by atoms with Gasteiger partial charge in [-0.25, -0.2) is 0 Å². The summed E-state index contributed by atoms with van der Waals surface area (Å²) in [6, 6.07) is 7.42. The number of carbonyl (C=O) groups excluding carboxylic acids is 1. The lowest BCUT2D eigenvalue weighted by molar-refractivity contribution is -0.124. The van der Waals surface area contributed by atoms with E-state index in [0.29, 0.717) is 0 Å². The third-order valence-corrected chi connectivity index (χ3v) is 4.07. The van der Waals surface area contributed by atoms with Crippen molar-refractivity contribution in [1.82, 2.24) is 5.32 Å². The number of methoxy groups -OCH3 is 1. The van der Waals surface area contributed by atoms with Crippen molar-refractivity contribution >= 4 is 5.91 Å². The lowest BCUT2D eigenvalue weighted by atomic mass is 9.91. The predicted molar refractivity (Wildman–Crippen MR) is 77.8 cm³/mol. The fourth-order valence-corrected chi connectivity index (χ4v) is 2.63. The molecule has 1 aromatic carbocycles. The quantitative estimate of drug-likeness (QED) is 0.887. The van der Waals surface area contributed by atoms with Crippen LogP contribution < -0.4 is 10.1 Å². The van der Waals surface area contributed by atoms with Crippen LogP contribution in [0.5, 0.6) is 5.75 Å². The van der Waals surface area contributed by atoms with Gasteiger partial charge in [-0.3, -0.25) is 4.79 Å². The van der Waals surface area contributed by atoms with Crippen molar-refractivity contribution in [1.29, 1.82) is 0 Å². The van der Waals surface area contributed by atoms with E-state index < -0.39 is 6.10 Å².